The molecule has 0 bridgehead atoms. The zero-order chi connectivity index (χ0) is 17.6. The van der Waals surface area contributed by atoms with Gasteiger partial charge in [0.2, 0.25) is 0 Å². The van der Waals surface area contributed by atoms with E-state index in [4.69, 9.17) is 14.0 Å². The summed E-state index contributed by atoms with van der Waals surface area (Å²) in [6.45, 7) is 9.56. The number of esters is 1. The quantitative estimate of drug-likeness (QED) is 0.638. The van der Waals surface area contributed by atoms with Crippen LogP contribution in [0.4, 0.5) is 0 Å². The number of nitrogens with one attached hydrogen (secondary N) is 1. The minimum Gasteiger partial charge on any atom is -0.467 e. The summed E-state index contributed by atoms with van der Waals surface area (Å²) in [4.78, 5) is 12.5. The van der Waals surface area contributed by atoms with Gasteiger partial charge in [0, 0.05) is 17.9 Å². The lowest BCUT2D eigenvalue weighted by atomic mass is 9.81. The van der Waals surface area contributed by atoms with Crippen LogP contribution in [0.5, 0.6) is 0 Å². The molecule has 0 spiro atoms. The van der Waals surface area contributed by atoms with Crippen LogP contribution in [0.15, 0.2) is 12.4 Å². The fraction of sp³-hybridized carbons (Fsp3) is 0.750. The number of carbonyl (C=O) groups excluding carboxylic acids is 1. The summed E-state index contributed by atoms with van der Waals surface area (Å²) >= 11 is 0. The number of hydrogen-bond donors (Lipinski definition) is 1. The number of aromatic nitrogens is 2. The molecule has 3 rings (SSSR count). The molecule has 2 aliphatic rings. The number of nitrogens with zero attached hydrogens (tertiary/aromatic N) is 2. The van der Waals surface area contributed by atoms with Gasteiger partial charge in [-0.25, -0.2) is 4.79 Å². The Labute approximate surface area is 143 Å². The van der Waals surface area contributed by atoms with E-state index in [-0.39, 0.29) is 5.97 Å². The fourth-order valence-corrected chi connectivity index (χ4v) is 3.23. The molecule has 0 unspecified atom stereocenters. The molecule has 132 valence electrons. The third-order valence-electron chi connectivity index (χ3n) is 5.56. The van der Waals surface area contributed by atoms with E-state index in [1.54, 1.807) is 10.9 Å². The smallest absolute Gasteiger partial charge is 0.467 e. The Balaban J connectivity index is 1.88. The molecular weight excluding hydrogens is 309 g/mol. The maximum Gasteiger partial charge on any atom is 0.498 e. The molecule has 0 radical (unpaired) electrons. The van der Waals surface area contributed by atoms with Gasteiger partial charge in [-0.05, 0) is 53.6 Å². The SMILES string of the molecule is COC(=O)C1(n2cc(B3OC(C)(C)C(C)(C)O3)cn2)CCNCC1. The number of methoxy groups -OCH3 is 1. The Morgan fingerprint density at radius 1 is 1.25 bits per heavy atom. The van der Waals surface area contributed by atoms with Gasteiger partial charge in [0.15, 0.2) is 5.54 Å². The molecule has 0 atom stereocenters. The third kappa shape index (κ3) is 2.66. The summed E-state index contributed by atoms with van der Waals surface area (Å²) in [5.74, 6) is -0.257. The van der Waals surface area contributed by atoms with Crippen LogP contribution in [0.3, 0.4) is 0 Å². The maximum atomic E-state index is 12.5. The molecule has 0 aromatic carbocycles. The van der Waals surface area contributed by atoms with Gasteiger partial charge in [0.25, 0.3) is 0 Å². The lowest BCUT2D eigenvalue weighted by Gasteiger charge is -2.35. The molecule has 7 nitrogen and oxygen atoms in total. The molecule has 2 fully saturated rings. The van der Waals surface area contributed by atoms with Gasteiger partial charge >= 0.3 is 13.1 Å². The number of piperidine rings is 1. The highest BCUT2D eigenvalue weighted by atomic mass is 16.7. The monoisotopic (exact) mass is 335 g/mol. The summed E-state index contributed by atoms with van der Waals surface area (Å²) in [6, 6.07) is 0. The highest BCUT2D eigenvalue weighted by Gasteiger charge is 2.52. The van der Waals surface area contributed by atoms with Gasteiger partial charge in [0.1, 0.15) is 0 Å². The van der Waals surface area contributed by atoms with Crippen molar-refractivity contribution in [3.63, 3.8) is 0 Å². The topological polar surface area (TPSA) is 74.6 Å². The van der Waals surface area contributed by atoms with E-state index in [0.717, 1.165) is 18.6 Å². The van der Waals surface area contributed by atoms with Gasteiger partial charge in [-0.3, -0.25) is 4.68 Å². The summed E-state index contributed by atoms with van der Waals surface area (Å²) in [6.07, 6.45) is 4.85. The van der Waals surface area contributed by atoms with Gasteiger partial charge in [-0.2, -0.15) is 5.10 Å². The van der Waals surface area contributed by atoms with Crippen LogP contribution >= 0.6 is 0 Å². The van der Waals surface area contributed by atoms with Crippen LogP contribution in [0.25, 0.3) is 0 Å². The van der Waals surface area contributed by atoms with Crippen molar-refractivity contribution in [3.05, 3.63) is 12.4 Å². The second kappa shape index (κ2) is 5.86. The third-order valence-corrected chi connectivity index (χ3v) is 5.56. The Hall–Kier alpha value is -1.38. The first-order valence-corrected chi connectivity index (χ1v) is 8.42. The molecule has 24 heavy (non-hydrogen) atoms. The van der Waals surface area contributed by atoms with Crippen molar-refractivity contribution in [3.8, 4) is 0 Å². The molecule has 8 heteroatoms. The van der Waals surface area contributed by atoms with Crippen LogP contribution in [-0.4, -0.2) is 54.3 Å². The highest BCUT2D eigenvalue weighted by molar-refractivity contribution is 6.62. The van der Waals surface area contributed by atoms with Crippen molar-refractivity contribution in [1.29, 1.82) is 0 Å². The second-order valence-corrected chi connectivity index (χ2v) is 7.58. The van der Waals surface area contributed by atoms with Gasteiger partial charge < -0.3 is 19.4 Å². The highest BCUT2D eigenvalue weighted by Crippen LogP contribution is 2.36. The second-order valence-electron chi connectivity index (χ2n) is 7.58. The molecular formula is C16H26BN3O4. The first-order chi connectivity index (χ1) is 11.2. The van der Waals surface area contributed by atoms with E-state index < -0.39 is 23.9 Å². The summed E-state index contributed by atoms with van der Waals surface area (Å²) < 4.78 is 18.9. The Kier molecular flexibility index (Phi) is 4.26. The zero-order valence-electron chi connectivity index (χ0n) is 15.1. The number of ether oxygens (including phenoxy) is 1. The fourth-order valence-electron chi connectivity index (χ4n) is 3.23. The van der Waals surface area contributed by atoms with E-state index >= 15 is 0 Å². The molecule has 2 saturated heterocycles. The lowest BCUT2D eigenvalue weighted by molar-refractivity contribution is -0.153. The zero-order valence-corrected chi connectivity index (χ0v) is 15.1. The van der Waals surface area contributed by atoms with Crippen LogP contribution < -0.4 is 10.8 Å². The van der Waals surface area contributed by atoms with E-state index in [9.17, 15) is 4.79 Å². The Morgan fingerprint density at radius 2 is 1.83 bits per heavy atom. The van der Waals surface area contributed by atoms with Gasteiger partial charge in [-0.15, -0.1) is 0 Å². The van der Waals surface area contributed by atoms with Crippen LogP contribution in [-0.2, 0) is 24.4 Å². The maximum absolute atomic E-state index is 12.5. The summed E-state index contributed by atoms with van der Waals surface area (Å²) in [5, 5.41) is 7.72. The van der Waals surface area contributed by atoms with Gasteiger partial charge in [-0.1, -0.05) is 0 Å². The summed E-state index contributed by atoms with van der Waals surface area (Å²) in [5.41, 5.74) is -0.763. The van der Waals surface area contributed by atoms with Crippen molar-refractivity contribution in [2.75, 3.05) is 20.2 Å². The number of rotatable bonds is 3. The van der Waals surface area contributed by atoms with Crippen molar-refractivity contribution < 1.29 is 18.8 Å². The number of carbonyl (C=O) groups is 1. The average Bonchev–Trinajstić information content (AvgIpc) is 3.11. The van der Waals surface area contributed by atoms with Crippen molar-refractivity contribution in [2.45, 2.75) is 57.3 Å². The summed E-state index contributed by atoms with van der Waals surface area (Å²) in [7, 11) is 0.935. The molecule has 1 N–H and O–H groups in total. The minimum absolute atomic E-state index is 0.257. The minimum atomic E-state index is -0.762. The largest absolute Gasteiger partial charge is 0.498 e. The van der Waals surface area contributed by atoms with E-state index in [2.05, 4.69) is 10.4 Å². The van der Waals surface area contributed by atoms with Crippen molar-refractivity contribution in [2.24, 2.45) is 0 Å². The van der Waals surface area contributed by atoms with Crippen molar-refractivity contribution in [1.82, 2.24) is 15.1 Å². The first-order valence-electron chi connectivity index (χ1n) is 8.42. The van der Waals surface area contributed by atoms with Crippen LogP contribution in [0.1, 0.15) is 40.5 Å². The molecule has 1 aromatic heterocycles. The number of hydrogen-bond acceptors (Lipinski definition) is 6. The molecule has 1 aromatic rings. The molecule has 3 heterocycles. The average molecular weight is 335 g/mol. The van der Waals surface area contributed by atoms with Crippen LogP contribution in [0, 0.1) is 0 Å². The molecule has 0 aliphatic carbocycles. The Bertz CT molecular complexity index is 607. The standard InChI is InChI=1S/C16H26BN3O4/c1-14(2)15(3,4)24-17(23-14)12-10-19-20(11-12)16(13(21)22-5)6-8-18-9-7-16/h10-11,18H,6-9H2,1-5H3. The Morgan fingerprint density at radius 3 is 2.38 bits per heavy atom. The van der Waals surface area contributed by atoms with Gasteiger partial charge in [0.05, 0.1) is 18.3 Å². The van der Waals surface area contributed by atoms with E-state index in [1.807, 2.05) is 33.9 Å². The normalized spacial score (nSPS) is 24.8. The predicted molar refractivity (Wildman–Crippen MR) is 90.0 cm³/mol. The lowest BCUT2D eigenvalue weighted by Crippen LogP contribution is -2.50. The molecule has 0 saturated carbocycles. The molecule has 0 amide bonds. The predicted octanol–water partition coefficient (Wildman–Crippen LogP) is 0.434. The van der Waals surface area contributed by atoms with Crippen molar-refractivity contribution >= 4 is 18.6 Å². The van der Waals surface area contributed by atoms with E-state index in [1.165, 1.54) is 7.11 Å². The molecule has 2 aliphatic heterocycles. The van der Waals surface area contributed by atoms with E-state index in [0.29, 0.717) is 12.8 Å². The first kappa shape index (κ1) is 17.4. The van der Waals surface area contributed by atoms with Crippen LogP contribution in [0.2, 0.25) is 0 Å².